The van der Waals surface area contributed by atoms with Crippen LogP contribution in [0.1, 0.15) is 30.1 Å². The number of aromatic nitrogens is 3. The Morgan fingerprint density at radius 1 is 1.11 bits per heavy atom. The van der Waals surface area contributed by atoms with E-state index >= 15 is 0 Å². The van der Waals surface area contributed by atoms with Gasteiger partial charge in [0.2, 0.25) is 5.91 Å². The summed E-state index contributed by atoms with van der Waals surface area (Å²) in [5, 5.41) is 11.4. The second-order valence-corrected chi connectivity index (χ2v) is 6.83. The van der Waals surface area contributed by atoms with Crippen molar-refractivity contribution in [3.8, 4) is 11.8 Å². The highest BCUT2D eigenvalue weighted by atomic mass is 16.2. The fourth-order valence-electron chi connectivity index (χ4n) is 3.10. The van der Waals surface area contributed by atoms with Gasteiger partial charge < -0.3 is 14.8 Å². The van der Waals surface area contributed by atoms with Crippen molar-refractivity contribution in [1.82, 2.24) is 25.0 Å². The molecule has 7 heteroatoms. The average Bonchev–Trinajstić information content (AvgIpc) is 3.50. The van der Waals surface area contributed by atoms with Crippen LogP contribution in [0.2, 0.25) is 0 Å². The summed E-state index contributed by atoms with van der Waals surface area (Å²) < 4.78 is 2.01. The highest BCUT2D eigenvalue weighted by Crippen LogP contribution is 2.28. The van der Waals surface area contributed by atoms with Crippen LogP contribution in [0.25, 0.3) is 0 Å². The summed E-state index contributed by atoms with van der Waals surface area (Å²) >= 11 is 0. The number of hydrogen-bond donors (Lipinski definition) is 1. The summed E-state index contributed by atoms with van der Waals surface area (Å²) in [7, 11) is 0. The van der Waals surface area contributed by atoms with Gasteiger partial charge in [-0.1, -0.05) is 24.1 Å². The Hall–Kier alpha value is -3.14. The van der Waals surface area contributed by atoms with Crippen LogP contribution in [-0.4, -0.2) is 44.6 Å². The van der Waals surface area contributed by atoms with Crippen molar-refractivity contribution in [3.63, 3.8) is 0 Å². The van der Waals surface area contributed by atoms with Crippen LogP contribution < -0.4 is 5.32 Å². The minimum Gasteiger partial charge on any atom is -0.349 e. The van der Waals surface area contributed by atoms with Gasteiger partial charge in [0.25, 0.3) is 5.91 Å². The fraction of sp³-hybridized carbons (Fsp3) is 0.400. The Bertz CT molecular complexity index is 905. The third-order valence-electron chi connectivity index (χ3n) is 4.85. The molecule has 2 heterocycles. The second kappa shape index (κ2) is 7.62. The Balaban J connectivity index is 1.37. The zero-order valence-corrected chi connectivity index (χ0v) is 15.0. The molecule has 27 heavy (non-hydrogen) atoms. The van der Waals surface area contributed by atoms with Crippen LogP contribution in [0, 0.1) is 17.8 Å². The zero-order chi connectivity index (χ0) is 18.6. The van der Waals surface area contributed by atoms with Crippen molar-refractivity contribution in [2.45, 2.75) is 32.4 Å². The smallest absolute Gasteiger partial charge is 0.298 e. The maximum Gasteiger partial charge on any atom is 0.298 e. The molecule has 0 unspecified atom stereocenters. The largest absolute Gasteiger partial charge is 0.349 e. The van der Waals surface area contributed by atoms with Gasteiger partial charge in [-0.05, 0) is 25.0 Å². The first-order chi connectivity index (χ1) is 13.2. The van der Waals surface area contributed by atoms with E-state index in [-0.39, 0.29) is 17.7 Å². The molecule has 1 aliphatic heterocycles. The third-order valence-corrected chi connectivity index (χ3v) is 4.85. The molecule has 1 aromatic carbocycles. The van der Waals surface area contributed by atoms with Crippen molar-refractivity contribution in [2.75, 3.05) is 13.1 Å². The number of carbonyl (C=O) groups excluding carboxylic acids is 2. The number of nitrogens with zero attached hydrogens (tertiary/aromatic N) is 4. The first-order valence-corrected chi connectivity index (χ1v) is 9.25. The summed E-state index contributed by atoms with van der Waals surface area (Å²) in [6, 6.07) is 9.48. The molecule has 0 radical (unpaired) electrons. The van der Waals surface area contributed by atoms with E-state index in [4.69, 9.17) is 0 Å². The fourth-order valence-corrected chi connectivity index (χ4v) is 3.10. The molecular formula is C20H21N5O2. The lowest BCUT2D eigenvalue weighted by Crippen LogP contribution is -2.33. The first-order valence-electron chi connectivity index (χ1n) is 9.25. The topological polar surface area (TPSA) is 80.1 Å². The Kier molecular flexibility index (Phi) is 4.88. The standard InChI is InChI=1S/C20H21N5O2/c26-19(9-6-15-4-2-1-3-5-15)24-11-10-17-22-23-18(25(17)13-12-24)14-21-20(27)16-7-8-16/h1-5,16H,7-8,10-14H2,(H,21,27). The van der Waals surface area contributed by atoms with Gasteiger partial charge in [0, 0.05) is 43.5 Å². The lowest BCUT2D eigenvalue weighted by Gasteiger charge is -2.16. The maximum absolute atomic E-state index is 12.4. The lowest BCUT2D eigenvalue weighted by atomic mass is 10.2. The first kappa shape index (κ1) is 17.3. The van der Waals surface area contributed by atoms with E-state index in [0.29, 0.717) is 32.6 Å². The van der Waals surface area contributed by atoms with E-state index in [2.05, 4.69) is 27.4 Å². The highest BCUT2D eigenvalue weighted by Gasteiger charge is 2.29. The molecule has 1 aliphatic carbocycles. The summed E-state index contributed by atoms with van der Waals surface area (Å²) in [6.07, 6.45) is 2.58. The second-order valence-electron chi connectivity index (χ2n) is 6.83. The van der Waals surface area contributed by atoms with Crippen LogP contribution >= 0.6 is 0 Å². The van der Waals surface area contributed by atoms with Crippen LogP contribution in [0.15, 0.2) is 30.3 Å². The van der Waals surface area contributed by atoms with Crippen molar-refractivity contribution in [3.05, 3.63) is 47.5 Å². The third kappa shape index (κ3) is 4.17. The van der Waals surface area contributed by atoms with E-state index in [0.717, 1.165) is 30.1 Å². The average molecular weight is 363 g/mol. The molecule has 0 saturated heterocycles. The van der Waals surface area contributed by atoms with E-state index in [1.807, 2.05) is 34.9 Å². The van der Waals surface area contributed by atoms with Crippen LogP contribution in [-0.2, 0) is 29.1 Å². The maximum atomic E-state index is 12.4. The molecule has 2 amide bonds. The minimum atomic E-state index is -0.179. The van der Waals surface area contributed by atoms with Gasteiger partial charge >= 0.3 is 0 Å². The van der Waals surface area contributed by atoms with Gasteiger partial charge in [-0.25, -0.2) is 0 Å². The summed E-state index contributed by atoms with van der Waals surface area (Å²) in [5.74, 6) is 7.31. The van der Waals surface area contributed by atoms with Crippen molar-refractivity contribution < 1.29 is 9.59 Å². The monoisotopic (exact) mass is 363 g/mol. The number of rotatable bonds is 3. The molecule has 138 valence electrons. The van der Waals surface area contributed by atoms with Gasteiger partial charge in [-0.15, -0.1) is 10.2 Å². The van der Waals surface area contributed by atoms with Crippen LogP contribution in [0.5, 0.6) is 0 Å². The summed E-state index contributed by atoms with van der Waals surface area (Å²) in [5.41, 5.74) is 0.825. The highest BCUT2D eigenvalue weighted by molar-refractivity contribution is 5.94. The number of benzene rings is 1. The number of amides is 2. The zero-order valence-electron chi connectivity index (χ0n) is 15.0. The molecule has 4 rings (SSSR count). The number of hydrogen-bond acceptors (Lipinski definition) is 4. The summed E-state index contributed by atoms with van der Waals surface area (Å²) in [4.78, 5) is 26.0. The molecule has 1 fully saturated rings. The van der Waals surface area contributed by atoms with Gasteiger partial charge in [-0.2, -0.15) is 0 Å². The molecule has 0 spiro atoms. The molecule has 1 saturated carbocycles. The quantitative estimate of drug-likeness (QED) is 0.816. The summed E-state index contributed by atoms with van der Waals surface area (Å²) in [6.45, 7) is 2.10. The van der Waals surface area contributed by atoms with Gasteiger partial charge in [0.05, 0.1) is 6.54 Å². The van der Waals surface area contributed by atoms with Gasteiger partial charge in [0.1, 0.15) is 5.82 Å². The molecule has 7 nitrogen and oxygen atoms in total. The normalized spacial score (nSPS) is 15.9. The number of carbonyl (C=O) groups is 2. The molecule has 0 bridgehead atoms. The predicted molar refractivity (Wildman–Crippen MR) is 98.2 cm³/mol. The van der Waals surface area contributed by atoms with Gasteiger partial charge in [-0.3, -0.25) is 9.59 Å². The molecule has 2 aliphatic rings. The number of fused-ring (bicyclic) bond motifs is 1. The lowest BCUT2D eigenvalue weighted by molar-refractivity contribution is -0.125. The van der Waals surface area contributed by atoms with Crippen LogP contribution in [0.4, 0.5) is 0 Å². The molecular weight excluding hydrogens is 342 g/mol. The van der Waals surface area contributed by atoms with E-state index in [9.17, 15) is 9.59 Å². The molecule has 1 aromatic heterocycles. The van der Waals surface area contributed by atoms with Crippen molar-refractivity contribution in [1.29, 1.82) is 0 Å². The van der Waals surface area contributed by atoms with E-state index < -0.39 is 0 Å². The molecule has 0 atom stereocenters. The molecule has 1 N–H and O–H groups in total. The number of nitrogens with one attached hydrogen (secondary N) is 1. The van der Waals surface area contributed by atoms with Crippen LogP contribution in [0.3, 0.4) is 0 Å². The van der Waals surface area contributed by atoms with E-state index in [1.165, 1.54) is 0 Å². The minimum absolute atomic E-state index is 0.0916. The van der Waals surface area contributed by atoms with Crippen molar-refractivity contribution >= 4 is 11.8 Å². The Labute approximate surface area is 157 Å². The Morgan fingerprint density at radius 2 is 1.93 bits per heavy atom. The SMILES string of the molecule is O=C(NCc1nnc2n1CCN(C(=O)C#Cc1ccccc1)CC2)C1CC1. The van der Waals surface area contributed by atoms with Crippen molar-refractivity contribution in [2.24, 2.45) is 5.92 Å². The van der Waals surface area contributed by atoms with E-state index in [1.54, 1.807) is 4.90 Å². The van der Waals surface area contributed by atoms with Gasteiger partial charge in [0.15, 0.2) is 5.82 Å². The molecule has 2 aromatic rings. The Morgan fingerprint density at radius 3 is 2.70 bits per heavy atom. The predicted octanol–water partition coefficient (Wildman–Crippen LogP) is 0.741.